The van der Waals surface area contributed by atoms with Crippen molar-refractivity contribution in [1.29, 1.82) is 0 Å². The van der Waals surface area contributed by atoms with Crippen molar-refractivity contribution in [3.63, 3.8) is 0 Å². The number of rotatable bonds is 7. The summed E-state index contributed by atoms with van der Waals surface area (Å²) in [6.07, 6.45) is 5.96. The molecular formula is C28H37NO7S. The summed E-state index contributed by atoms with van der Waals surface area (Å²) in [6.45, 7) is 2.27. The molecule has 5 rings (SSSR count). The Balaban J connectivity index is 1.42. The maximum Gasteiger partial charge on any atom is 0.380 e. The molecule has 3 aliphatic rings. The van der Waals surface area contributed by atoms with Gasteiger partial charge in [-0.1, -0.05) is 19.1 Å². The number of aryl methyl sites for hydroxylation is 1. The van der Waals surface area contributed by atoms with Crippen LogP contribution in [0.1, 0.15) is 61.6 Å². The predicted molar refractivity (Wildman–Crippen MR) is 140 cm³/mol. The standard InChI is InChI=1S/C28H37NO7S/c1-27-13-11-21-20-9-7-19(36-37(29,31)32)15-17(20)5-8-22(21)23(27)12-14-28(27,30)16-18-6-10-24(33-2)26(35-4)25(18)34-3/h6-7,9-10,15,21-23,30H,5,8,11-14,16H2,1-4H3,(H2,29,31,32)/t21-,22-,23+,27+,28-/m1/s1. The molecule has 0 saturated heterocycles. The van der Waals surface area contributed by atoms with Crippen molar-refractivity contribution in [1.82, 2.24) is 0 Å². The zero-order valence-corrected chi connectivity index (χ0v) is 22.8. The molecule has 3 aliphatic carbocycles. The summed E-state index contributed by atoms with van der Waals surface area (Å²) in [7, 11) is 0.762. The van der Waals surface area contributed by atoms with E-state index in [-0.39, 0.29) is 11.2 Å². The number of hydrogen-bond donors (Lipinski definition) is 2. The molecule has 0 heterocycles. The summed E-state index contributed by atoms with van der Waals surface area (Å²) in [4.78, 5) is 0. The fourth-order valence-electron chi connectivity index (χ4n) is 7.76. The summed E-state index contributed by atoms with van der Waals surface area (Å²) < 4.78 is 44.4. The minimum atomic E-state index is -4.05. The van der Waals surface area contributed by atoms with Gasteiger partial charge in [-0.15, -0.1) is 0 Å². The summed E-state index contributed by atoms with van der Waals surface area (Å²) in [5.41, 5.74) is 2.25. The number of benzene rings is 2. The third-order valence-corrected chi connectivity index (χ3v) is 9.93. The van der Waals surface area contributed by atoms with Gasteiger partial charge in [-0.25, -0.2) is 0 Å². The maximum absolute atomic E-state index is 12.2. The van der Waals surface area contributed by atoms with E-state index in [1.165, 1.54) is 5.56 Å². The van der Waals surface area contributed by atoms with Crippen LogP contribution in [0.15, 0.2) is 30.3 Å². The van der Waals surface area contributed by atoms with Gasteiger partial charge in [0.2, 0.25) is 5.75 Å². The van der Waals surface area contributed by atoms with Crippen molar-refractivity contribution in [3.8, 4) is 23.0 Å². The highest BCUT2D eigenvalue weighted by Gasteiger charge is 2.61. The van der Waals surface area contributed by atoms with Crippen LogP contribution in [-0.4, -0.2) is 40.5 Å². The molecule has 37 heavy (non-hydrogen) atoms. The highest BCUT2D eigenvalue weighted by Crippen LogP contribution is 2.65. The molecule has 2 fully saturated rings. The number of nitrogens with two attached hydrogens (primary N) is 1. The van der Waals surface area contributed by atoms with Crippen LogP contribution in [0.2, 0.25) is 0 Å². The van der Waals surface area contributed by atoms with Gasteiger partial charge in [0.05, 0.1) is 26.9 Å². The predicted octanol–water partition coefficient (Wildman–Crippen LogP) is 4.12. The van der Waals surface area contributed by atoms with Crippen LogP contribution in [0.25, 0.3) is 0 Å². The Kier molecular flexibility index (Phi) is 6.61. The lowest BCUT2D eigenvalue weighted by molar-refractivity contribution is -0.102. The average Bonchev–Trinajstić information content (AvgIpc) is 3.12. The van der Waals surface area contributed by atoms with E-state index in [2.05, 4.69) is 6.92 Å². The van der Waals surface area contributed by atoms with Crippen LogP contribution in [0.3, 0.4) is 0 Å². The van der Waals surface area contributed by atoms with Crippen molar-refractivity contribution in [3.05, 3.63) is 47.0 Å². The minimum Gasteiger partial charge on any atom is -0.493 e. The largest absolute Gasteiger partial charge is 0.493 e. The second-order valence-electron chi connectivity index (χ2n) is 11.0. The van der Waals surface area contributed by atoms with Gasteiger partial charge in [-0.05, 0) is 91.0 Å². The smallest absolute Gasteiger partial charge is 0.380 e. The van der Waals surface area contributed by atoms with Crippen LogP contribution < -0.4 is 23.5 Å². The van der Waals surface area contributed by atoms with E-state index < -0.39 is 15.9 Å². The molecular weight excluding hydrogens is 494 g/mol. The van der Waals surface area contributed by atoms with Crippen molar-refractivity contribution in [2.45, 2.75) is 63.4 Å². The minimum absolute atomic E-state index is 0.222. The Morgan fingerprint density at radius 1 is 1.00 bits per heavy atom. The third-order valence-electron chi connectivity index (χ3n) is 9.50. The zero-order valence-electron chi connectivity index (χ0n) is 22.0. The summed E-state index contributed by atoms with van der Waals surface area (Å²) >= 11 is 0. The Morgan fingerprint density at radius 3 is 2.43 bits per heavy atom. The second kappa shape index (κ2) is 9.36. The van der Waals surface area contributed by atoms with Gasteiger partial charge < -0.3 is 23.5 Å². The number of hydrogen-bond acceptors (Lipinski definition) is 7. The fraction of sp³-hybridized carbons (Fsp3) is 0.571. The van der Waals surface area contributed by atoms with E-state index in [9.17, 15) is 13.5 Å². The van der Waals surface area contributed by atoms with Crippen molar-refractivity contribution >= 4 is 10.3 Å². The maximum atomic E-state index is 12.2. The van der Waals surface area contributed by atoms with Crippen molar-refractivity contribution in [2.75, 3.05) is 21.3 Å². The zero-order chi connectivity index (χ0) is 26.6. The number of ether oxygens (including phenoxy) is 3. The topological polar surface area (TPSA) is 117 Å². The normalized spacial score (nSPS) is 30.6. The van der Waals surface area contributed by atoms with Gasteiger partial charge in [0.25, 0.3) is 0 Å². The molecule has 0 aromatic heterocycles. The van der Waals surface area contributed by atoms with Crippen LogP contribution in [-0.2, 0) is 23.1 Å². The molecule has 0 aliphatic heterocycles. The lowest BCUT2D eigenvalue weighted by Crippen LogP contribution is -2.51. The Hall–Kier alpha value is -2.49. The SMILES string of the molecule is COc1ccc(C[C@]2(O)CC[C@H]3[C@@H]4CCc5cc(OS(N)(=O)=O)ccc5[C@H]4CC[C@@]32C)c(OC)c1OC. The number of methoxy groups -OCH3 is 3. The Labute approximate surface area is 219 Å². The molecule has 3 N–H and O–H groups in total. The van der Waals surface area contributed by atoms with E-state index in [1.807, 2.05) is 24.3 Å². The molecule has 2 aromatic rings. The molecule has 0 bridgehead atoms. The molecule has 0 amide bonds. The molecule has 0 radical (unpaired) electrons. The molecule has 2 saturated carbocycles. The summed E-state index contributed by atoms with van der Waals surface area (Å²) in [5.74, 6) is 3.28. The van der Waals surface area contributed by atoms with Crippen molar-refractivity contribution < 1.29 is 31.9 Å². The van der Waals surface area contributed by atoms with E-state index in [0.29, 0.717) is 41.4 Å². The van der Waals surface area contributed by atoms with Crippen LogP contribution in [0.5, 0.6) is 23.0 Å². The van der Waals surface area contributed by atoms with Crippen LogP contribution >= 0.6 is 0 Å². The first kappa shape index (κ1) is 26.1. The van der Waals surface area contributed by atoms with E-state index in [0.717, 1.165) is 49.7 Å². The second-order valence-corrected chi connectivity index (χ2v) is 12.2. The van der Waals surface area contributed by atoms with Gasteiger partial charge >= 0.3 is 10.3 Å². The highest BCUT2D eigenvalue weighted by atomic mass is 32.2. The van der Waals surface area contributed by atoms with Gasteiger partial charge in [-0.3, -0.25) is 0 Å². The third kappa shape index (κ3) is 4.34. The lowest BCUT2D eigenvalue weighted by atomic mass is 9.53. The molecule has 202 valence electrons. The molecule has 2 aromatic carbocycles. The number of fused-ring (bicyclic) bond motifs is 5. The van der Waals surface area contributed by atoms with E-state index in [1.54, 1.807) is 27.4 Å². The first-order valence-corrected chi connectivity index (χ1v) is 14.4. The molecule has 9 heteroatoms. The molecule has 0 unspecified atom stereocenters. The van der Waals surface area contributed by atoms with Crippen LogP contribution in [0, 0.1) is 17.3 Å². The summed E-state index contributed by atoms with van der Waals surface area (Å²) in [5, 5.41) is 17.3. The molecule has 5 atom stereocenters. The monoisotopic (exact) mass is 531 g/mol. The van der Waals surface area contributed by atoms with Gasteiger partial charge in [-0.2, -0.15) is 13.6 Å². The first-order chi connectivity index (χ1) is 17.5. The first-order valence-electron chi connectivity index (χ1n) is 12.9. The van der Waals surface area contributed by atoms with E-state index in [4.69, 9.17) is 23.5 Å². The fourth-order valence-corrected chi connectivity index (χ4v) is 8.13. The van der Waals surface area contributed by atoms with E-state index >= 15 is 0 Å². The molecule has 0 spiro atoms. The Bertz CT molecular complexity index is 1300. The Morgan fingerprint density at radius 2 is 1.76 bits per heavy atom. The average molecular weight is 532 g/mol. The van der Waals surface area contributed by atoms with Crippen LogP contribution in [0.4, 0.5) is 0 Å². The van der Waals surface area contributed by atoms with Gasteiger partial charge in [0, 0.05) is 12.0 Å². The quantitative estimate of drug-likeness (QED) is 0.552. The lowest BCUT2D eigenvalue weighted by Gasteiger charge is -2.53. The van der Waals surface area contributed by atoms with Gasteiger partial charge in [0.15, 0.2) is 11.5 Å². The summed E-state index contributed by atoms with van der Waals surface area (Å²) in [6, 6.07) is 9.37. The highest BCUT2D eigenvalue weighted by molar-refractivity contribution is 7.84. The van der Waals surface area contributed by atoms with Crippen molar-refractivity contribution in [2.24, 2.45) is 22.4 Å². The molecule has 8 nitrogen and oxygen atoms in total. The number of aliphatic hydroxyl groups is 1. The van der Waals surface area contributed by atoms with Gasteiger partial charge in [0.1, 0.15) is 5.75 Å².